The molecule has 2 aromatic rings. The van der Waals surface area contributed by atoms with E-state index in [4.69, 9.17) is 0 Å². The number of hydrogen-bond donors (Lipinski definition) is 0. The minimum Gasteiger partial charge on any atom is -0.298 e. The first-order valence-corrected chi connectivity index (χ1v) is 6.53. The first-order valence-electron chi connectivity index (χ1n) is 6.53. The van der Waals surface area contributed by atoms with Gasteiger partial charge in [0.25, 0.3) is 0 Å². The van der Waals surface area contributed by atoms with Gasteiger partial charge in [-0.2, -0.15) is 0 Å². The molecule has 0 aliphatic heterocycles. The highest BCUT2D eigenvalue weighted by Crippen LogP contribution is 2.14. The van der Waals surface area contributed by atoms with Crippen molar-refractivity contribution in [1.82, 2.24) is 0 Å². The Hall–Kier alpha value is -2.48. The van der Waals surface area contributed by atoms with Crippen LogP contribution in [0.4, 0.5) is 0 Å². The third-order valence-electron chi connectivity index (χ3n) is 3.17. The SMILES string of the molecule is O=C/C(Cc1ccccc1)=C(/C=O)Cc1ccccc1. The molecule has 0 heterocycles. The van der Waals surface area contributed by atoms with Crippen molar-refractivity contribution < 1.29 is 9.59 Å². The first-order chi connectivity index (χ1) is 9.83. The summed E-state index contributed by atoms with van der Waals surface area (Å²) in [6.45, 7) is 0. The van der Waals surface area contributed by atoms with Crippen molar-refractivity contribution in [3.8, 4) is 0 Å². The predicted octanol–water partition coefficient (Wildman–Crippen LogP) is 3.17. The van der Waals surface area contributed by atoms with Crippen molar-refractivity contribution in [2.24, 2.45) is 0 Å². The van der Waals surface area contributed by atoms with Gasteiger partial charge in [0, 0.05) is 24.0 Å². The van der Waals surface area contributed by atoms with Crippen LogP contribution in [0.1, 0.15) is 11.1 Å². The Morgan fingerprint density at radius 1 is 0.650 bits per heavy atom. The average molecular weight is 264 g/mol. The second-order valence-electron chi connectivity index (χ2n) is 4.61. The number of aldehydes is 2. The van der Waals surface area contributed by atoms with Crippen LogP contribution in [0.3, 0.4) is 0 Å². The van der Waals surface area contributed by atoms with E-state index in [0.29, 0.717) is 24.0 Å². The molecule has 2 heteroatoms. The van der Waals surface area contributed by atoms with Gasteiger partial charge in [-0.1, -0.05) is 60.7 Å². The van der Waals surface area contributed by atoms with E-state index in [9.17, 15) is 9.59 Å². The highest BCUT2D eigenvalue weighted by molar-refractivity contribution is 5.87. The van der Waals surface area contributed by atoms with Gasteiger partial charge in [0.2, 0.25) is 0 Å². The van der Waals surface area contributed by atoms with Gasteiger partial charge in [-0.05, 0) is 11.1 Å². The number of hydrogen-bond acceptors (Lipinski definition) is 2. The monoisotopic (exact) mass is 264 g/mol. The van der Waals surface area contributed by atoms with E-state index in [-0.39, 0.29) is 0 Å². The van der Waals surface area contributed by atoms with Crippen LogP contribution in [0.5, 0.6) is 0 Å². The molecule has 0 bridgehead atoms. The second-order valence-corrected chi connectivity index (χ2v) is 4.61. The summed E-state index contributed by atoms with van der Waals surface area (Å²) in [6.07, 6.45) is 2.57. The molecular weight excluding hydrogens is 248 g/mol. The predicted molar refractivity (Wildman–Crippen MR) is 79.4 cm³/mol. The summed E-state index contributed by atoms with van der Waals surface area (Å²) in [5.41, 5.74) is 3.16. The van der Waals surface area contributed by atoms with Crippen LogP contribution in [0.25, 0.3) is 0 Å². The van der Waals surface area contributed by atoms with Gasteiger partial charge in [0.1, 0.15) is 12.6 Å². The summed E-state index contributed by atoms with van der Waals surface area (Å²) in [7, 11) is 0. The molecule has 0 spiro atoms. The molecule has 20 heavy (non-hydrogen) atoms. The van der Waals surface area contributed by atoms with Crippen molar-refractivity contribution in [2.45, 2.75) is 12.8 Å². The molecule has 0 aliphatic rings. The molecule has 2 aromatic carbocycles. The summed E-state index contributed by atoms with van der Waals surface area (Å²) in [5.74, 6) is 0. The first kappa shape index (κ1) is 13.9. The van der Waals surface area contributed by atoms with E-state index < -0.39 is 0 Å². The number of benzene rings is 2. The third-order valence-corrected chi connectivity index (χ3v) is 3.17. The van der Waals surface area contributed by atoms with Gasteiger partial charge >= 0.3 is 0 Å². The van der Waals surface area contributed by atoms with Crippen LogP contribution in [0.15, 0.2) is 71.8 Å². The molecular formula is C18H16O2. The Kier molecular flexibility index (Phi) is 5.01. The minimum absolute atomic E-state index is 0.491. The Bertz CT molecular complexity index is 542. The number of carbonyl (C=O) groups is 2. The fourth-order valence-corrected chi connectivity index (χ4v) is 2.09. The van der Waals surface area contributed by atoms with Crippen LogP contribution in [0.2, 0.25) is 0 Å². The summed E-state index contributed by atoms with van der Waals surface area (Å²) in [6, 6.07) is 19.4. The standard InChI is InChI=1S/C18H16O2/c19-13-17(11-15-7-3-1-4-8-15)18(14-20)12-16-9-5-2-6-10-16/h1-10,13-14H,11-12H2/b18-17+. The molecule has 0 aliphatic carbocycles. The molecule has 100 valence electrons. The van der Waals surface area contributed by atoms with E-state index >= 15 is 0 Å². The largest absolute Gasteiger partial charge is 0.298 e. The van der Waals surface area contributed by atoms with Gasteiger partial charge < -0.3 is 0 Å². The van der Waals surface area contributed by atoms with Crippen LogP contribution in [0, 0.1) is 0 Å². The molecule has 0 fully saturated rings. The Morgan fingerprint density at radius 2 is 1.00 bits per heavy atom. The molecule has 0 N–H and O–H groups in total. The Labute approximate surface area is 118 Å². The van der Waals surface area contributed by atoms with E-state index in [1.165, 1.54) is 0 Å². The summed E-state index contributed by atoms with van der Waals surface area (Å²) in [4.78, 5) is 22.6. The van der Waals surface area contributed by atoms with Crippen LogP contribution in [-0.2, 0) is 22.4 Å². The summed E-state index contributed by atoms with van der Waals surface area (Å²) < 4.78 is 0. The normalized spacial score (nSPS) is 11.6. The average Bonchev–Trinajstić information content (AvgIpc) is 2.52. The lowest BCUT2D eigenvalue weighted by Crippen LogP contribution is -2.02. The Morgan fingerprint density at radius 3 is 1.30 bits per heavy atom. The van der Waals surface area contributed by atoms with Crippen LogP contribution < -0.4 is 0 Å². The quantitative estimate of drug-likeness (QED) is 0.593. The van der Waals surface area contributed by atoms with Gasteiger partial charge in [-0.25, -0.2) is 0 Å². The van der Waals surface area contributed by atoms with Gasteiger partial charge in [-0.15, -0.1) is 0 Å². The van der Waals surface area contributed by atoms with Gasteiger partial charge in [-0.3, -0.25) is 9.59 Å². The van der Waals surface area contributed by atoms with Crippen LogP contribution in [-0.4, -0.2) is 12.6 Å². The lowest BCUT2D eigenvalue weighted by atomic mass is 9.97. The summed E-state index contributed by atoms with van der Waals surface area (Å²) >= 11 is 0. The van der Waals surface area contributed by atoms with Crippen molar-refractivity contribution in [1.29, 1.82) is 0 Å². The van der Waals surface area contributed by atoms with E-state index in [0.717, 1.165) is 23.7 Å². The molecule has 0 radical (unpaired) electrons. The molecule has 0 saturated carbocycles. The molecule has 0 saturated heterocycles. The molecule has 2 nitrogen and oxygen atoms in total. The molecule has 0 atom stereocenters. The summed E-state index contributed by atoms with van der Waals surface area (Å²) in [5, 5.41) is 0. The van der Waals surface area contributed by atoms with Gasteiger partial charge in [0.05, 0.1) is 0 Å². The lowest BCUT2D eigenvalue weighted by Gasteiger charge is -2.06. The topological polar surface area (TPSA) is 34.1 Å². The number of allylic oxidation sites excluding steroid dienone is 2. The highest BCUT2D eigenvalue weighted by Gasteiger charge is 2.07. The Balaban J connectivity index is 2.24. The third kappa shape index (κ3) is 3.75. The smallest absolute Gasteiger partial charge is 0.146 e. The number of rotatable bonds is 6. The maximum Gasteiger partial charge on any atom is 0.146 e. The van der Waals surface area contributed by atoms with Gasteiger partial charge in [0.15, 0.2) is 0 Å². The zero-order valence-corrected chi connectivity index (χ0v) is 11.2. The maximum atomic E-state index is 11.3. The fraction of sp³-hybridized carbons (Fsp3) is 0.111. The minimum atomic E-state index is 0.491. The van der Waals surface area contributed by atoms with Crippen molar-refractivity contribution in [3.63, 3.8) is 0 Å². The number of carbonyl (C=O) groups excluding carboxylic acids is 2. The van der Waals surface area contributed by atoms with Crippen molar-refractivity contribution in [2.75, 3.05) is 0 Å². The lowest BCUT2D eigenvalue weighted by molar-refractivity contribution is -0.107. The molecule has 2 rings (SSSR count). The van der Waals surface area contributed by atoms with Crippen molar-refractivity contribution >= 4 is 12.6 Å². The molecule has 0 aromatic heterocycles. The fourth-order valence-electron chi connectivity index (χ4n) is 2.09. The molecule has 0 amide bonds. The second kappa shape index (κ2) is 7.19. The van der Waals surface area contributed by atoms with Crippen molar-refractivity contribution in [3.05, 3.63) is 82.9 Å². The molecule has 0 unspecified atom stereocenters. The van der Waals surface area contributed by atoms with Crippen LogP contribution >= 0.6 is 0 Å². The van der Waals surface area contributed by atoms with E-state index in [1.54, 1.807) is 0 Å². The zero-order chi connectivity index (χ0) is 14.2. The maximum absolute atomic E-state index is 11.3. The van der Waals surface area contributed by atoms with E-state index in [2.05, 4.69) is 0 Å². The zero-order valence-electron chi connectivity index (χ0n) is 11.2. The highest BCUT2D eigenvalue weighted by atomic mass is 16.1. The van der Waals surface area contributed by atoms with E-state index in [1.807, 2.05) is 60.7 Å².